The van der Waals surface area contributed by atoms with E-state index in [1.165, 1.54) is 0 Å². The van der Waals surface area contributed by atoms with Crippen LogP contribution >= 0.6 is 0 Å². The molecular formula is C25H26N2O3. The summed E-state index contributed by atoms with van der Waals surface area (Å²) in [4.78, 5) is 29.5. The second kappa shape index (κ2) is 8.57. The summed E-state index contributed by atoms with van der Waals surface area (Å²) in [5.74, 6) is 0.663. The monoisotopic (exact) mass is 402 g/mol. The lowest BCUT2D eigenvalue weighted by Crippen LogP contribution is -2.57. The molecule has 0 N–H and O–H groups in total. The Bertz CT molecular complexity index is 1050. The van der Waals surface area contributed by atoms with Crippen LogP contribution in [0.2, 0.25) is 0 Å². The van der Waals surface area contributed by atoms with Gasteiger partial charge in [-0.25, -0.2) is 0 Å². The smallest absolute Gasteiger partial charge is 0.263 e. The van der Waals surface area contributed by atoms with Gasteiger partial charge in [-0.05, 0) is 37.4 Å². The molecule has 30 heavy (non-hydrogen) atoms. The highest BCUT2D eigenvalue weighted by atomic mass is 16.5. The number of hydrogen-bond acceptors (Lipinski definition) is 3. The summed E-state index contributed by atoms with van der Waals surface area (Å²) in [6, 6.07) is 23.0. The number of hydrogen-bond donors (Lipinski definition) is 0. The second-order valence-corrected chi connectivity index (χ2v) is 7.74. The molecule has 2 atom stereocenters. The van der Waals surface area contributed by atoms with Crippen LogP contribution in [0, 0.1) is 0 Å². The van der Waals surface area contributed by atoms with Crippen LogP contribution in [0.25, 0.3) is 10.8 Å². The Morgan fingerprint density at radius 1 is 0.933 bits per heavy atom. The lowest BCUT2D eigenvalue weighted by Gasteiger charge is -2.40. The fourth-order valence-corrected chi connectivity index (χ4v) is 4.01. The molecule has 4 rings (SSSR count). The van der Waals surface area contributed by atoms with E-state index < -0.39 is 6.10 Å². The number of rotatable bonds is 4. The standard InChI is InChI=1S/C25H26N2O3/c1-18-17-26(25(29)21-10-4-3-5-11-21)15-16-27(18)24(28)19(2)30-23-14-8-12-20-9-6-7-13-22(20)23/h3-14,18-19H,15-17H2,1-2H3/t18-,19-/m1/s1. The molecule has 1 saturated heterocycles. The van der Waals surface area contributed by atoms with Gasteiger partial charge in [-0.15, -0.1) is 0 Å². The molecule has 0 aromatic heterocycles. The van der Waals surface area contributed by atoms with E-state index in [9.17, 15) is 9.59 Å². The minimum atomic E-state index is -0.602. The molecule has 1 aliphatic rings. The Morgan fingerprint density at radius 3 is 2.40 bits per heavy atom. The van der Waals surface area contributed by atoms with Crippen molar-refractivity contribution in [3.8, 4) is 5.75 Å². The molecule has 0 radical (unpaired) electrons. The van der Waals surface area contributed by atoms with Crippen molar-refractivity contribution in [2.24, 2.45) is 0 Å². The summed E-state index contributed by atoms with van der Waals surface area (Å²) in [5.41, 5.74) is 0.678. The molecule has 1 aliphatic heterocycles. The van der Waals surface area contributed by atoms with E-state index in [2.05, 4.69) is 0 Å². The fraction of sp³-hybridized carbons (Fsp3) is 0.280. The number of nitrogens with zero attached hydrogens (tertiary/aromatic N) is 2. The van der Waals surface area contributed by atoms with Crippen molar-refractivity contribution in [3.63, 3.8) is 0 Å². The van der Waals surface area contributed by atoms with Crippen LogP contribution in [0.4, 0.5) is 0 Å². The van der Waals surface area contributed by atoms with Gasteiger partial charge in [0.25, 0.3) is 11.8 Å². The first-order chi connectivity index (χ1) is 14.5. The van der Waals surface area contributed by atoms with E-state index in [1.807, 2.05) is 89.5 Å². The summed E-state index contributed by atoms with van der Waals surface area (Å²) in [5, 5.41) is 2.07. The van der Waals surface area contributed by atoms with E-state index >= 15 is 0 Å². The van der Waals surface area contributed by atoms with Crippen LogP contribution in [-0.2, 0) is 4.79 Å². The van der Waals surface area contributed by atoms with E-state index in [-0.39, 0.29) is 17.9 Å². The SMILES string of the molecule is C[C@@H]1CN(C(=O)c2ccccc2)CCN1C(=O)[C@@H](C)Oc1cccc2ccccc12. The summed E-state index contributed by atoms with van der Waals surface area (Å²) in [6.07, 6.45) is -0.602. The predicted molar refractivity (Wildman–Crippen MR) is 118 cm³/mol. The predicted octanol–water partition coefficient (Wildman–Crippen LogP) is 3.98. The summed E-state index contributed by atoms with van der Waals surface area (Å²) in [6.45, 7) is 5.30. The molecule has 5 heteroatoms. The van der Waals surface area contributed by atoms with Gasteiger partial charge in [-0.1, -0.05) is 54.6 Å². The van der Waals surface area contributed by atoms with Crippen molar-refractivity contribution < 1.29 is 14.3 Å². The van der Waals surface area contributed by atoms with E-state index in [1.54, 1.807) is 6.92 Å². The van der Waals surface area contributed by atoms with Crippen LogP contribution in [-0.4, -0.2) is 53.4 Å². The quantitative estimate of drug-likeness (QED) is 0.663. The molecule has 1 fully saturated rings. The summed E-state index contributed by atoms with van der Waals surface area (Å²) >= 11 is 0. The third kappa shape index (κ3) is 4.01. The molecule has 5 nitrogen and oxygen atoms in total. The van der Waals surface area contributed by atoms with Gasteiger partial charge in [-0.2, -0.15) is 0 Å². The molecule has 0 unspecified atom stereocenters. The molecule has 1 heterocycles. The van der Waals surface area contributed by atoms with Crippen molar-refractivity contribution in [3.05, 3.63) is 78.4 Å². The van der Waals surface area contributed by atoms with Crippen molar-refractivity contribution in [1.82, 2.24) is 9.80 Å². The van der Waals surface area contributed by atoms with Crippen LogP contribution in [0.1, 0.15) is 24.2 Å². The average Bonchev–Trinajstić information content (AvgIpc) is 2.79. The fourth-order valence-electron chi connectivity index (χ4n) is 4.01. The van der Waals surface area contributed by atoms with Crippen LogP contribution in [0.5, 0.6) is 5.75 Å². The summed E-state index contributed by atoms with van der Waals surface area (Å²) in [7, 11) is 0. The minimum absolute atomic E-state index is 0.00889. The van der Waals surface area contributed by atoms with Crippen LogP contribution < -0.4 is 4.74 Å². The van der Waals surface area contributed by atoms with Gasteiger partial charge in [0.05, 0.1) is 0 Å². The topological polar surface area (TPSA) is 49.9 Å². The maximum absolute atomic E-state index is 13.1. The largest absolute Gasteiger partial charge is 0.480 e. The van der Waals surface area contributed by atoms with Gasteiger partial charge >= 0.3 is 0 Å². The highest BCUT2D eigenvalue weighted by Gasteiger charge is 2.33. The zero-order valence-corrected chi connectivity index (χ0v) is 17.3. The van der Waals surface area contributed by atoms with Gasteiger partial charge in [0.15, 0.2) is 6.10 Å². The Balaban J connectivity index is 1.42. The zero-order chi connectivity index (χ0) is 21.1. The van der Waals surface area contributed by atoms with Crippen molar-refractivity contribution in [2.45, 2.75) is 26.0 Å². The minimum Gasteiger partial charge on any atom is -0.480 e. The highest BCUT2D eigenvalue weighted by Crippen LogP contribution is 2.26. The lowest BCUT2D eigenvalue weighted by atomic mass is 10.1. The maximum Gasteiger partial charge on any atom is 0.263 e. The summed E-state index contributed by atoms with van der Waals surface area (Å²) < 4.78 is 6.06. The van der Waals surface area contributed by atoms with Crippen molar-refractivity contribution in [1.29, 1.82) is 0 Å². The molecule has 0 spiro atoms. The number of piperazine rings is 1. The normalized spacial score (nSPS) is 17.6. The number of amides is 2. The molecule has 0 bridgehead atoms. The van der Waals surface area contributed by atoms with E-state index in [4.69, 9.17) is 4.74 Å². The first kappa shape index (κ1) is 20.0. The van der Waals surface area contributed by atoms with Crippen molar-refractivity contribution in [2.75, 3.05) is 19.6 Å². The van der Waals surface area contributed by atoms with E-state index in [0.29, 0.717) is 30.9 Å². The first-order valence-electron chi connectivity index (χ1n) is 10.3. The van der Waals surface area contributed by atoms with Gasteiger partial charge in [0, 0.05) is 36.6 Å². The number of fused-ring (bicyclic) bond motifs is 1. The number of benzene rings is 3. The third-order valence-electron chi connectivity index (χ3n) is 5.62. The molecule has 3 aromatic rings. The number of ether oxygens (including phenoxy) is 1. The second-order valence-electron chi connectivity index (χ2n) is 7.74. The van der Waals surface area contributed by atoms with Gasteiger partial charge in [0.1, 0.15) is 5.75 Å². The number of carbonyl (C=O) groups excluding carboxylic acids is 2. The van der Waals surface area contributed by atoms with Gasteiger partial charge in [-0.3, -0.25) is 9.59 Å². The maximum atomic E-state index is 13.1. The number of carbonyl (C=O) groups is 2. The molecule has 0 aliphatic carbocycles. The van der Waals surface area contributed by atoms with Crippen LogP contribution in [0.3, 0.4) is 0 Å². The molecule has 3 aromatic carbocycles. The highest BCUT2D eigenvalue weighted by molar-refractivity contribution is 5.94. The molecule has 2 amide bonds. The van der Waals surface area contributed by atoms with Gasteiger partial charge in [0.2, 0.25) is 0 Å². The first-order valence-corrected chi connectivity index (χ1v) is 10.3. The third-order valence-corrected chi connectivity index (χ3v) is 5.62. The van der Waals surface area contributed by atoms with Crippen LogP contribution in [0.15, 0.2) is 72.8 Å². The lowest BCUT2D eigenvalue weighted by molar-refractivity contribution is -0.142. The molecule has 0 saturated carbocycles. The average molecular weight is 402 g/mol. The van der Waals surface area contributed by atoms with Crippen molar-refractivity contribution >= 4 is 22.6 Å². The molecular weight excluding hydrogens is 376 g/mol. The zero-order valence-electron chi connectivity index (χ0n) is 17.3. The van der Waals surface area contributed by atoms with E-state index in [0.717, 1.165) is 10.8 Å². The Kier molecular flexibility index (Phi) is 5.70. The Hall–Kier alpha value is -3.34. The molecule has 154 valence electrons. The Morgan fingerprint density at radius 2 is 1.63 bits per heavy atom. The van der Waals surface area contributed by atoms with Gasteiger partial charge < -0.3 is 14.5 Å². The Labute approximate surface area is 176 Å².